The summed E-state index contributed by atoms with van der Waals surface area (Å²) in [7, 11) is -3.84. The third kappa shape index (κ3) is 2.89. The quantitative estimate of drug-likeness (QED) is 0.909. The molecule has 2 aromatic rings. The molecule has 0 bridgehead atoms. The fraction of sp³-hybridized carbons (Fsp3) is 0. The first-order chi connectivity index (χ1) is 8.94. The first-order valence-corrected chi connectivity index (χ1v) is 7.71. The molecule has 0 spiro atoms. The van der Waals surface area contributed by atoms with E-state index in [4.69, 9.17) is 11.6 Å². The molecular weight excluding hydrogens is 308 g/mol. The number of anilines is 1. The van der Waals surface area contributed by atoms with Gasteiger partial charge >= 0.3 is 0 Å². The van der Waals surface area contributed by atoms with E-state index in [1.54, 1.807) is 12.1 Å². The average Bonchev–Trinajstić information content (AvgIpc) is 2.68. The standard InChI is InChI=1S/C11H9ClN2O3S2/c1-2-8-10(15)13-11(18-8)14-19(16,17)9-6-4-3-5-7(9)12/h2-6,15H,1H2,(H,13,14). The maximum absolute atomic E-state index is 12.1. The van der Waals surface area contributed by atoms with Crippen LogP contribution in [0, 0.1) is 0 Å². The molecule has 5 nitrogen and oxygen atoms in total. The van der Waals surface area contributed by atoms with Gasteiger partial charge in [0.05, 0.1) is 9.90 Å². The Kier molecular flexibility index (Phi) is 3.79. The number of nitrogens with one attached hydrogen (secondary N) is 1. The smallest absolute Gasteiger partial charge is 0.265 e. The predicted molar refractivity (Wildman–Crippen MR) is 76.1 cm³/mol. The second kappa shape index (κ2) is 5.20. The van der Waals surface area contributed by atoms with Crippen LogP contribution in [0.25, 0.3) is 6.08 Å². The first-order valence-electron chi connectivity index (χ1n) is 5.03. The van der Waals surface area contributed by atoms with Gasteiger partial charge in [-0.15, -0.1) is 0 Å². The molecule has 0 aliphatic carbocycles. The highest BCUT2D eigenvalue weighted by molar-refractivity contribution is 7.93. The lowest BCUT2D eigenvalue weighted by molar-refractivity contribution is 0.457. The molecule has 0 aliphatic rings. The molecule has 0 radical (unpaired) electrons. The van der Waals surface area contributed by atoms with E-state index in [0.29, 0.717) is 4.88 Å². The highest BCUT2D eigenvalue weighted by Crippen LogP contribution is 2.31. The van der Waals surface area contributed by atoms with Gasteiger partial charge in [-0.3, -0.25) is 4.72 Å². The zero-order valence-corrected chi connectivity index (χ0v) is 11.9. The van der Waals surface area contributed by atoms with Gasteiger partial charge in [-0.1, -0.05) is 41.6 Å². The summed E-state index contributed by atoms with van der Waals surface area (Å²) in [6.45, 7) is 3.49. The monoisotopic (exact) mass is 316 g/mol. The van der Waals surface area contributed by atoms with Crippen molar-refractivity contribution < 1.29 is 13.5 Å². The van der Waals surface area contributed by atoms with Crippen LogP contribution in [0.5, 0.6) is 5.88 Å². The summed E-state index contributed by atoms with van der Waals surface area (Å²) in [5, 5.41) is 9.58. The van der Waals surface area contributed by atoms with Crippen molar-refractivity contribution in [2.24, 2.45) is 0 Å². The van der Waals surface area contributed by atoms with E-state index in [0.717, 1.165) is 11.3 Å². The second-order valence-corrected chi connectivity index (χ2v) is 6.54. The molecule has 0 fully saturated rings. The molecular formula is C11H9ClN2O3S2. The van der Waals surface area contributed by atoms with E-state index in [9.17, 15) is 13.5 Å². The van der Waals surface area contributed by atoms with E-state index in [-0.39, 0.29) is 20.9 Å². The predicted octanol–water partition coefficient (Wildman–Crippen LogP) is 2.95. The molecule has 2 rings (SSSR count). The van der Waals surface area contributed by atoms with Gasteiger partial charge in [0, 0.05) is 0 Å². The lowest BCUT2D eigenvalue weighted by Crippen LogP contribution is -2.13. The van der Waals surface area contributed by atoms with E-state index in [1.807, 2.05) is 0 Å². The Labute approximate surface area is 119 Å². The van der Waals surface area contributed by atoms with Crippen molar-refractivity contribution >= 4 is 44.2 Å². The van der Waals surface area contributed by atoms with Crippen LogP contribution in [0.4, 0.5) is 5.13 Å². The van der Waals surface area contributed by atoms with E-state index < -0.39 is 10.0 Å². The lowest BCUT2D eigenvalue weighted by atomic mass is 10.4. The minimum atomic E-state index is -3.84. The molecule has 19 heavy (non-hydrogen) atoms. The largest absolute Gasteiger partial charge is 0.492 e. The maximum Gasteiger partial charge on any atom is 0.265 e. The third-order valence-corrected chi connectivity index (χ3v) is 5.09. The van der Waals surface area contributed by atoms with Gasteiger partial charge in [0.2, 0.25) is 11.0 Å². The Morgan fingerprint density at radius 2 is 2.11 bits per heavy atom. The van der Waals surface area contributed by atoms with E-state index >= 15 is 0 Å². The van der Waals surface area contributed by atoms with Crippen molar-refractivity contribution in [2.45, 2.75) is 4.90 Å². The van der Waals surface area contributed by atoms with Crippen LogP contribution in [-0.4, -0.2) is 18.5 Å². The molecule has 100 valence electrons. The number of rotatable bonds is 4. The molecule has 0 unspecified atom stereocenters. The number of benzene rings is 1. The SMILES string of the molecule is C=Cc1sc(NS(=O)(=O)c2ccccc2Cl)nc1O. The maximum atomic E-state index is 12.1. The highest BCUT2D eigenvalue weighted by Gasteiger charge is 2.20. The van der Waals surface area contributed by atoms with Gasteiger partial charge in [-0.05, 0) is 18.2 Å². The fourth-order valence-corrected chi connectivity index (χ4v) is 3.80. The van der Waals surface area contributed by atoms with Crippen LogP contribution in [0.3, 0.4) is 0 Å². The van der Waals surface area contributed by atoms with Crippen LogP contribution in [0.1, 0.15) is 4.88 Å². The lowest BCUT2D eigenvalue weighted by Gasteiger charge is -2.06. The van der Waals surface area contributed by atoms with Crippen molar-refractivity contribution in [3.05, 3.63) is 40.7 Å². The number of halogens is 1. The Morgan fingerprint density at radius 1 is 1.42 bits per heavy atom. The van der Waals surface area contributed by atoms with Crippen molar-refractivity contribution in [1.82, 2.24) is 4.98 Å². The number of aromatic hydroxyl groups is 1. The summed E-state index contributed by atoms with van der Waals surface area (Å²) in [6.07, 6.45) is 1.39. The van der Waals surface area contributed by atoms with Crippen molar-refractivity contribution in [1.29, 1.82) is 0 Å². The van der Waals surface area contributed by atoms with Crippen LogP contribution >= 0.6 is 22.9 Å². The molecule has 2 N–H and O–H groups in total. The molecule has 0 aliphatic heterocycles. The van der Waals surface area contributed by atoms with Gasteiger partial charge in [0.1, 0.15) is 4.90 Å². The fourth-order valence-electron chi connectivity index (χ4n) is 1.33. The molecule has 1 heterocycles. The molecule has 0 amide bonds. The van der Waals surface area contributed by atoms with E-state index in [1.165, 1.54) is 18.2 Å². The summed E-state index contributed by atoms with van der Waals surface area (Å²) in [4.78, 5) is 4.03. The van der Waals surface area contributed by atoms with Gasteiger partial charge in [-0.2, -0.15) is 4.98 Å². The van der Waals surface area contributed by atoms with E-state index in [2.05, 4.69) is 16.3 Å². The average molecular weight is 317 g/mol. The Bertz CT molecular complexity index is 725. The first kappa shape index (κ1) is 13.9. The van der Waals surface area contributed by atoms with Gasteiger partial charge in [-0.25, -0.2) is 8.42 Å². The summed E-state index contributed by atoms with van der Waals surface area (Å²) in [6, 6.07) is 6.05. The Morgan fingerprint density at radius 3 is 2.68 bits per heavy atom. The van der Waals surface area contributed by atoms with Crippen molar-refractivity contribution in [2.75, 3.05) is 4.72 Å². The molecule has 1 aromatic carbocycles. The number of hydrogen-bond acceptors (Lipinski definition) is 5. The van der Waals surface area contributed by atoms with Crippen molar-refractivity contribution in [3.8, 4) is 5.88 Å². The molecule has 0 atom stereocenters. The molecule has 0 saturated heterocycles. The highest BCUT2D eigenvalue weighted by atomic mass is 35.5. The normalized spacial score (nSPS) is 11.2. The van der Waals surface area contributed by atoms with Crippen molar-refractivity contribution in [3.63, 3.8) is 0 Å². The van der Waals surface area contributed by atoms with Gasteiger partial charge in [0.15, 0.2) is 0 Å². The minimum absolute atomic E-state index is 0.0484. The number of thiazole rings is 1. The Balaban J connectivity index is 2.36. The zero-order valence-electron chi connectivity index (χ0n) is 9.50. The topological polar surface area (TPSA) is 79.3 Å². The number of sulfonamides is 1. The summed E-state index contributed by atoms with van der Waals surface area (Å²) in [5.41, 5.74) is 0. The van der Waals surface area contributed by atoms with Gasteiger partial charge < -0.3 is 5.11 Å². The van der Waals surface area contributed by atoms with Crippen LogP contribution in [0.2, 0.25) is 5.02 Å². The number of hydrogen-bond donors (Lipinski definition) is 2. The third-order valence-electron chi connectivity index (χ3n) is 2.17. The minimum Gasteiger partial charge on any atom is -0.492 e. The van der Waals surface area contributed by atoms with Crippen LogP contribution < -0.4 is 4.72 Å². The number of nitrogens with zero attached hydrogens (tertiary/aromatic N) is 1. The second-order valence-electron chi connectivity index (χ2n) is 3.45. The molecule has 8 heteroatoms. The Hall–Kier alpha value is -1.57. The zero-order chi connectivity index (χ0) is 14.0. The number of aromatic nitrogens is 1. The summed E-state index contributed by atoms with van der Waals surface area (Å²) in [5.74, 6) is -0.267. The van der Waals surface area contributed by atoms with Crippen LogP contribution in [0.15, 0.2) is 35.7 Å². The summed E-state index contributed by atoms with van der Waals surface area (Å²) >= 11 is 6.81. The molecule has 0 saturated carbocycles. The summed E-state index contributed by atoms with van der Waals surface area (Å²) < 4.78 is 26.4. The van der Waals surface area contributed by atoms with Crippen LogP contribution in [-0.2, 0) is 10.0 Å². The van der Waals surface area contributed by atoms with Gasteiger partial charge in [0.25, 0.3) is 10.0 Å². The molecule has 1 aromatic heterocycles.